The van der Waals surface area contributed by atoms with E-state index in [-0.39, 0.29) is 30.5 Å². The van der Waals surface area contributed by atoms with Crippen molar-refractivity contribution in [3.05, 3.63) is 54.5 Å². The Kier molecular flexibility index (Phi) is 14.9. The highest BCUT2D eigenvalue weighted by molar-refractivity contribution is 7.52. The predicted molar refractivity (Wildman–Crippen MR) is 191 cm³/mol. The summed E-state index contributed by atoms with van der Waals surface area (Å²) in [4.78, 5) is 43.3. The standard InChI is InChI=1S/C35H47N6O12P/c1-7-46-15-16-47-17-18-48-34(44)24(6)40-54(45,53-25-11-9-8-10-12-25)49-20-35(19-36)30(51-33(43)23(4)5)29(50-32(42)22(2)3)28(52-35)26-13-14-27-31(37)38-21-39-41(26)27/h8-14,21-24,28-30H,7,15-18,20H2,1-6H3,(H,40,45)(H2,37,38,39)/t24?,28-,29-,30-,35+,54?/m0/s1. The average molecular weight is 775 g/mol. The average Bonchev–Trinajstić information content (AvgIpc) is 3.70. The van der Waals surface area contributed by atoms with Crippen molar-refractivity contribution in [3.8, 4) is 11.8 Å². The maximum absolute atomic E-state index is 14.5. The zero-order valence-corrected chi connectivity index (χ0v) is 31.9. The van der Waals surface area contributed by atoms with Gasteiger partial charge in [0.2, 0.25) is 5.60 Å². The highest BCUT2D eigenvalue weighted by atomic mass is 31.2. The third-order valence-electron chi connectivity index (χ3n) is 7.99. The second-order valence-electron chi connectivity index (χ2n) is 12.8. The van der Waals surface area contributed by atoms with E-state index in [9.17, 15) is 24.2 Å². The van der Waals surface area contributed by atoms with E-state index in [1.165, 1.54) is 29.9 Å². The molecule has 1 saturated heterocycles. The van der Waals surface area contributed by atoms with Gasteiger partial charge in [-0.25, -0.2) is 14.1 Å². The zero-order valence-electron chi connectivity index (χ0n) is 31.0. The lowest BCUT2D eigenvalue weighted by molar-refractivity contribution is -0.173. The van der Waals surface area contributed by atoms with Crippen molar-refractivity contribution in [1.82, 2.24) is 19.7 Å². The second-order valence-corrected chi connectivity index (χ2v) is 14.5. The number of nitrogen functional groups attached to an aromatic ring is 1. The first-order valence-electron chi connectivity index (χ1n) is 17.4. The minimum atomic E-state index is -4.61. The number of carbonyl (C=O) groups excluding carboxylic acids is 3. The van der Waals surface area contributed by atoms with Gasteiger partial charge in [-0.1, -0.05) is 45.9 Å². The first kappa shape index (κ1) is 42.1. The van der Waals surface area contributed by atoms with Crippen molar-refractivity contribution >= 4 is 37.0 Å². The molecule has 3 aromatic rings. The van der Waals surface area contributed by atoms with Gasteiger partial charge in [-0.3, -0.25) is 18.9 Å². The number of nitrogens with two attached hydrogens (primary N) is 1. The first-order valence-corrected chi connectivity index (χ1v) is 19.0. The van der Waals surface area contributed by atoms with Crippen LogP contribution in [-0.4, -0.2) is 96.0 Å². The van der Waals surface area contributed by atoms with E-state index >= 15 is 0 Å². The van der Waals surface area contributed by atoms with Gasteiger partial charge in [0, 0.05) is 6.61 Å². The molecular formula is C35H47N6O12P. The molecule has 0 saturated carbocycles. The molecule has 294 valence electrons. The fourth-order valence-corrected chi connectivity index (χ4v) is 6.65. The van der Waals surface area contributed by atoms with Crippen LogP contribution < -0.4 is 15.3 Å². The molecule has 0 radical (unpaired) electrons. The smallest absolute Gasteiger partial charge is 0.459 e. The fourth-order valence-electron chi connectivity index (χ4n) is 5.13. The highest BCUT2D eigenvalue weighted by Crippen LogP contribution is 2.50. The van der Waals surface area contributed by atoms with Gasteiger partial charge in [-0.15, -0.1) is 0 Å². The molecule has 0 amide bonds. The van der Waals surface area contributed by atoms with Gasteiger partial charge < -0.3 is 38.7 Å². The molecule has 1 fully saturated rings. The third-order valence-corrected chi connectivity index (χ3v) is 9.62. The number of esters is 3. The Hall–Kier alpha value is -4.63. The van der Waals surface area contributed by atoms with Gasteiger partial charge >= 0.3 is 25.7 Å². The number of nitriles is 1. The molecule has 18 nitrogen and oxygen atoms in total. The minimum Gasteiger partial charge on any atom is -0.462 e. The summed E-state index contributed by atoms with van der Waals surface area (Å²) in [6.45, 7) is 9.97. The molecule has 1 aliphatic heterocycles. The molecule has 6 atom stereocenters. The number of aromatic nitrogens is 3. The summed E-state index contributed by atoms with van der Waals surface area (Å²) in [5.41, 5.74) is 4.44. The number of fused-ring (bicyclic) bond motifs is 1. The van der Waals surface area contributed by atoms with E-state index in [0.29, 0.717) is 25.3 Å². The molecule has 4 rings (SSSR count). The molecule has 1 aliphatic rings. The minimum absolute atomic E-state index is 0.0938. The predicted octanol–water partition coefficient (Wildman–Crippen LogP) is 3.56. The van der Waals surface area contributed by atoms with E-state index < -0.39 is 74.1 Å². The maximum Gasteiger partial charge on any atom is 0.459 e. The van der Waals surface area contributed by atoms with Gasteiger partial charge in [-0.2, -0.15) is 15.4 Å². The topological polar surface area (TPSA) is 234 Å². The Bertz CT molecular complexity index is 1820. The van der Waals surface area contributed by atoms with Gasteiger partial charge in [0.1, 0.15) is 49.0 Å². The molecule has 3 N–H and O–H groups in total. The molecule has 2 aromatic heterocycles. The first-order chi connectivity index (χ1) is 25.7. The monoisotopic (exact) mass is 774 g/mol. The van der Waals surface area contributed by atoms with Crippen LogP contribution in [0.5, 0.6) is 5.75 Å². The van der Waals surface area contributed by atoms with Crippen molar-refractivity contribution in [2.45, 2.75) is 71.5 Å². The van der Waals surface area contributed by atoms with E-state index in [4.69, 9.17) is 43.2 Å². The van der Waals surface area contributed by atoms with Crippen molar-refractivity contribution in [1.29, 1.82) is 5.26 Å². The molecule has 1 aromatic carbocycles. The number of para-hydroxylation sites is 1. The number of hydrogen-bond acceptors (Lipinski definition) is 16. The van der Waals surface area contributed by atoms with E-state index in [2.05, 4.69) is 15.2 Å². The maximum atomic E-state index is 14.5. The summed E-state index contributed by atoms with van der Waals surface area (Å²) in [7, 11) is -4.61. The molecule has 0 spiro atoms. The number of hydrogen-bond donors (Lipinski definition) is 2. The zero-order chi connectivity index (χ0) is 39.5. The Morgan fingerprint density at radius 3 is 2.31 bits per heavy atom. The Labute approximate surface area is 313 Å². The van der Waals surface area contributed by atoms with Crippen LogP contribution in [0.25, 0.3) is 5.52 Å². The number of nitrogens with zero attached hydrogens (tertiary/aromatic N) is 4. The number of ether oxygens (including phenoxy) is 6. The van der Waals surface area contributed by atoms with E-state index in [1.54, 1.807) is 58.0 Å². The molecule has 19 heteroatoms. The molecular weight excluding hydrogens is 727 g/mol. The lowest BCUT2D eigenvalue weighted by Gasteiger charge is -2.31. The summed E-state index contributed by atoms with van der Waals surface area (Å²) >= 11 is 0. The molecule has 54 heavy (non-hydrogen) atoms. The summed E-state index contributed by atoms with van der Waals surface area (Å²) in [6, 6.07) is 11.9. The van der Waals surface area contributed by atoms with Gasteiger partial charge in [0.05, 0.1) is 37.4 Å². The lowest BCUT2D eigenvalue weighted by atomic mass is 9.95. The van der Waals surface area contributed by atoms with Crippen LogP contribution in [0.3, 0.4) is 0 Å². The SMILES string of the molecule is CCOCCOCCOC(=O)C(C)NP(=O)(OC[C@@]1(C#N)O[C@@H](c2ccc3c(N)ncnn23)[C@H](OC(=O)C(C)C)[C@@H]1OC(=O)C(C)C)Oc1ccccc1. The van der Waals surface area contributed by atoms with Crippen LogP contribution in [0.2, 0.25) is 0 Å². The number of nitrogens with one attached hydrogen (secondary N) is 1. The summed E-state index contributed by atoms with van der Waals surface area (Å²) in [5.74, 6) is -3.32. The summed E-state index contributed by atoms with van der Waals surface area (Å²) in [6.07, 6.45) is -3.17. The number of rotatable bonds is 20. The van der Waals surface area contributed by atoms with Gasteiger partial charge in [0.25, 0.3) is 0 Å². The van der Waals surface area contributed by atoms with Crippen molar-refractivity contribution in [3.63, 3.8) is 0 Å². The second kappa shape index (κ2) is 19.1. The van der Waals surface area contributed by atoms with Crippen molar-refractivity contribution < 1.29 is 56.4 Å². The lowest BCUT2D eigenvalue weighted by Crippen LogP contribution is -2.50. The third kappa shape index (κ3) is 10.5. The quantitative estimate of drug-likeness (QED) is 0.0723. The van der Waals surface area contributed by atoms with Crippen molar-refractivity contribution in [2.24, 2.45) is 11.8 Å². The Morgan fingerprint density at radius 2 is 1.65 bits per heavy atom. The van der Waals surface area contributed by atoms with Crippen LogP contribution in [0.15, 0.2) is 48.8 Å². The van der Waals surface area contributed by atoms with Crippen LogP contribution in [-0.2, 0) is 51.9 Å². The molecule has 0 bridgehead atoms. The molecule has 2 unspecified atom stereocenters. The number of anilines is 1. The Balaban J connectivity index is 1.68. The van der Waals surface area contributed by atoms with Crippen molar-refractivity contribution in [2.75, 3.05) is 45.4 Å². The normalized spacial score (nSPS) is 21.4. The molecule has 3 heterocycles. The number of benzene rings is 1. The Morgan fingerprint density at radius 1 is 0.981 bits per heavy atom. The van der Waals surface area contributed by atoms with Crippen LogP contribution in [0, 0.1) is 23.2 Å². The number of carbonyl (C=O) groups is 3. The van der Waals surface area contributed by atoms with Crippen LogP contribution in [0.1, 0.15) is 53.3 Å². The van der Waals surface area contributed by atoms with E-state index in [1.807, 2.05) is 13.0 Å². The van der Waals surface area contributed by atoms with Crippen LogP contribution in [0.4, 0.5) is 5.82 Å². The largest absolute Gasteiger partial charge is 0.462 e. The summed E-state index contributed by atoms with van der Waals surface area (Å²) < 4.78 is 61.6. The highest BCUT2D eigenvalue weighted by Gasteiger charge is 2.62. The van der Waals surface area contributed by atoms with Gasteiger partial charge in [0.15, 0.2) is 18.0 Å². The van der Waals surface area contributed by atoms with Gasteiger partial charge in [-0.05, 0) is 38.1 Å². The summed E-state index contributed by atoms with van der Waals surface area (Å²) in [5, 5.41) is 17.7. The van der Waals surface area contributed by atoms with Crippen LogP contribution >= 0.6 is 7.75 Å². The van der Waals surface area contributed by atoms with E-state index in [0.717, 1.165) is 0 Å². The fraction of sp³-hybridized carbons (Fsp3) is 0.543. The molecule has 0 aliphatic carbocycles.